The largest absolute Gasteiger partial charge is 0.373 e. The molecule has 27 heavy (non-hydrogen) atoms. The Morgan fingerprint density at radius 2 is 2.00 bits per heavy atom. The maximum absolute atomic E-state index is 11.5. The fourth-order valence-electron chi connectivity index (χ4n) is 3.83. The molecule has 2 aliphatic heterocycles. The van der Waals surface area contributed by atoms with E-state index in [4.69, 9.17) is 4.74 Å². The normalized spacial score (nSPS) is 20.3. The number of aromatic nitrogens is 2. The first-order valence-corrected chi connectivity index (χ1v) is 9.63. The minimum Gasteiger partial charge on any atom is -0.373 e. The van der Waals surface area contributed by atoms with Crippen LogP contribution in [0.5, 0.6) is 0 Å². The number of nitrogens with one attached hydrogen (secondary N) is 1. The summed E-state index contributed by atoms with van der Waals surface area (Å²) in [6.07, 6.45) is 6.20. The van der Waals surface area contributed by atoms with Crippen LogP contribution >= 0.6 is 0 Å². The first-order chi connectivity index (χ1) is 13.1. The summed E-state index contributed by atoms with van der Waals surface area (Å²) in [6.45, 7) is 5.99. The molecule has 3 heterocycles. The van der Waals surface area contributed by atoms with Crippen molar-refractivity contribution in [2.75, 3.05) is 26.2 Å². The first-order valence-electron chi connectivity index (χ1n) is 9.63. The van der Waals surface area contributed by atoms with Crippen LogP contribution in [-0.2, 0) is 16.1 Å². The van der Waals surface area contributed by atoms with E-state index in [1.807, 2.05) is 24.5 Å². The highest BCUT2D eigenvalue weighted by Gasteiger charge is 2.37. The van der Waals surface area contributed by atoms with E-state index >= 15 is 0 Å². The molecule has 0 saturated carbocycles. The van der Waals surface area contributed by atoms with Crippen LogP contribution < -0.4 is 5.32 Å². The van der Waals surface area contributed by atoms with Crippen LogP contribution in [0.1, 0.15) is 30.4 Å². The van der Waals surface area contributed by atoms with Crippen molar-refractivity contribution in [1.82, 2.24) is 20.2 Å². The highest BCUT2D eigenvalue weighted by molar-refractivity contribution is 5.76. The van der Waals surface area contributed by atoms with E-state index < -0.39 is 0 Å². The van der Waals surface area contributed by atoms with Gasteiger partial charge in [-0.25, -0.2) is 9.97 Å². The van der Waals surface area contributed by atoms with Gasteiger partial charge in [0.05, 0.1) is 12.2 Å². The molecule has 1 spiro atoms. The zero-order valence-corrected chi connectivity index (χ0v) is 15.8. The molecule has 2 aliphatic rings. The van der Waals surface area contributed by atoms with Crippen LogP contribution in [-0.4, -0.2) is 52.6 Å². The maximum Gasteiger partial charge on any atom is 0.222 e. The molecule has 2 aromatic rings. The fraction of sp³-hybridized carbons (Fsp3) is 0.476. The lowest BCUT2D eigenvalue weighted by atomic mass is 9.91. The number of hydrogen-bond donors (Lipinski definition) is 1. The zero-order chi connectivity index (χ0) is 18.7. The van der Waals surface area contributed by atoms with E-state index in [0.29, 0.717) is 19.6 Å². The zero-order valence-electron chi connectivity index (χ0n) is 15.8. The molecule has 0 radical (unpaired) electrons. The minimum atomic E-state index is -0.186. The van der Waals surface area contributed by atoms with Crippen LogP contribution in [0.15, 0.2) is 36.7 Å². The second-order valence-electron chi connectivity index (χ2n) is 7.62. The number of carbonyl (C=O) groups is 1. The number of amides is 1. The van der Waals surface area contributed by atoms with Crippen molar-refractivity contribution in [3.05, 3.63) is 47.8 Å². The van der Waals surface area contributed by atoms with Gasteiger partial charge in [0.2, 0.25) is 5.91 Å². The lowest BCUT2D eigenvalue weighted by Crippen LogP contribution is -2.50. The van der Waals surface area contributed by atoms with Gasteiger partial charge in [0.1, 0.15) is 0 Å². The molecule has 0 aliphatic carbocycles. The molecule has 6 heteroatoms. The summed E-state index contributed by atoms with van der Waals surface area (Å²) < 4.78 is 6.04. The van der Waals surface area contributed by atoms with E-state index in [1.54, 1.807) is 0 Å². The van der Waals surface area contributed by atoms with Gasteiger partial charge in [0.25, 0.3) is 0 Å². The van der Waals surface area contributed by atoms with Crippen LogP contribution in [0.25, 0.3) is 11.4 Å². The molecule has 0 atom stereocenters. The number of likely N-dealkylation sites (tertiary alicyclic amines) is 1. The summed E-state index contributed by atoms with van der Waals surface area (Å²) in [5, 5.41) is 2.99. The third kappa shape index (κ3) is 4.34. The summed E-state index contributed by atoms with van der Waals surface area (Å²) in [7, 11) is 0. The molecule has 1 N–H and O–H groups in total. The number of carbonyl (C=O) groups excluding carboxylic acids is 1. The van der Waals surface area contributed by atoms with Crippen molar-refractivity contribution < 1.29 is 9.53 Å². The van der Waals surface area contributed by atoms with Crippen molar-refractivity contribution in [2.45, 2.75) is 38.3 Å². The van der Waals surface area contributed by atoms with Crippen LogP contribution in [0.3, 0.4) is 0 Å². The summed E-state index contributed by atoms with van der Waals surface area (Å²) in [5.74, 6) is 0.864. The molecule has 6 nitrogen and oxygen atoms in total. The Balaban J connectivity index is 1.34. The van der Waals surface area contributed by atoms with Crippen molar-refractivity contribution in [3.8, 4) is 11.4 Å². The van der Waals surface area contributed by atoms with Gasteiger partial charge in [-0.1, -0.05) is 23.8 Å². The summed E-state index contributed by atoms with van der Waals surface area (Å²) in [6, 6.07) is 8.25. The second kappa shape index (κ2) is 7.74. The molecular formula is C21H26N4O2. The summed E-state index contributed by atoms with van der Waals surface area (Å²) in [4.78, 5) is 23.1. The van der Waals surface area contributed by atoms with Gasteiger partial charge in [0.15, 0.2) is 5.82 Å². The number of piperidine rings is 1. The van der Waals surface area contributed by atoms with E-state index in [1.165, 1.54) is 5.56 Å². The average Bonchev–Trinajstić information content (AvgIpc) is 2.86. The number of rotatable bonds is 3. The molecule has 2 fully saturated rings. The molecular weight excluding hydrogens is 340 g/mol. The van der Waals surface area contributed by atoms with Gasteiger partial charge >= 0.3 is 0 Å². The van der Waals surface area contributed by atoms with Gasteiger partial charge < -0.3 is 10.1 Å². The van der Waals surface area contributed by atoms with E-state index in [-0.39, 0.29) is 11.5 Å². The maximum atomic E-state index is 11.5. The lowest BCUT2D eigenvalue weighted by Gasteiger charge is -2.40. The molecule has 1 aromatic carbocycles. The Labute approximate surface area is 160 Å². The molecule has 4 rings (SSSR count). The third-order valence-electron chi connectivity index (χ3n) is 5.50. The Morgan fingerprint density at radius 3 is 2.74 bits per heavy atom. The molecule has 0 unspecified atom stereocenters. The third-order valence-corrected chi connectivity index (χ3v) is 5.50. The number of ether oxygens (including phenoxy) is 1. The highest BCUT2D eigenvalue weighted by atomic mass is 16.5. The van der Waals surface area contributed by atoms with Gasteiger partial charge in [-0.3, -0.25) is 9.69 Å². The Kier molecular flexibility index (Phi) is 5.18. The van der Waals surface area contributed by atoms with Crippen LogP contribution in [0.2, 0.25) is 0 Å². The number of nitrogens with zero attached hydrogens (tertiary/aromatic N) is 3. The van der Waals surface area contributed by atoms with E-state index in [2.05, 4.69) is 39.2 Å². The number of hydrogen-bond acceptors (Lipinski definition) is 5. The predicted octanol–water partition coefficient (Wildman–Crippen LogP) is 2.32. The average molecular weight is 366 g/mol. The second-order valence-corrected chi connectivity index (χ2v) is 7.62. The molecule has 1 amide bonds. The van der Waals surface area contributed by atoms with Gasteiger partial charge in [-0.15, -0.1) is 0 Å². The summed E-state index contributed by atoms with van der Waals surface area (Å²) >= 11 is 0. The van der Waals surface area contributed by atoms with Gasteiger partial charge in [-0.05, 0) is 25.8 Å². The monoisotopic (exact) mass is 366 g/mol. The number of benzene rings is 1. The minimum absolute atomic E-state index is 0.0974. The molecule has 2 saturated heterocycles. The lowest BCUT2D eigenvalue weighted by molar-refractivity contribution is -0.120. The van der Waals surface area contributed by atoms with Gasteiger partial charge in [-0.2, -0.15) is 0 Å². The quantitative estimate of drug-likeness (QED) is 0.903. The van der Waals surface area contributed by atoms with Crippen LogP contribution in [0, 0.1) is 6.92 Å². The van der Waals surface area contributed by atoms with E-state index in [9.17, 15) is 4.79 Å². The standard InChI is InChI=1S/C21H26N4O2/c1-16-3-2-4-18(11-16)20-22-12-17(13-23-20)14-25-8-6-21(7-9-25)15-24-19(26)5-10-27-21/h2-4,11-13H,5-10,14-15H2,1H3,(H,24,26). The molecule has 1 aromatic heterocycles. The Morgan fingerprint density at radius 1 is 1.22 bits per heavy atom. The summed E-state index contributed by atoms with van der Waals surface area (Å²) in [5.41, 5.74) is 3.19. The van der Waals surface area contributed by atoms with Gasteiger partial charge in [0, 0.05) is 56.1 Å². The van der Waals surface area contributed by atoms with Crippen LogP contribution in [0.4, 0.5) is 0 Å². The van der Waals surface area contributed by atoms with Crippen molar-refractivity contribution in [2.24, 2.45) is 0 Å². The SMILES string of the molecule is Cc1cccc(-c2ncc(CN3CCC4(CC3)CNC(=O)CCO4)cn2)c1. The predicted molar refractivity (Wildman–Crippen MR) is 103 cm³/mol. The van der Waals surface area contributed by atoms with Crippen molar-refractivity contribution >= 4 is 5.91 Å². The first kappa shape index (κ1) is 18.1. The van der Waals surface area contributed by atoms with Crippen molar-refractivity contribution in [1.29, 1.82) is 0 Å². The van der Waals surface area contributed by atoms with Crippen molar-refractivity contribution in [3.63, 3.8) is 0 Å². The molecule has 0 bridgehead atoms. The topological polar surface area (TPSA) is 67.4 Å². The number of aryl methyl sites for hydroxylation is 1. The Bertz CT molecular complexity index is 798. The van der Waals surface area contributed by atoms with E-state index in [0.717, 1.165) is 49.4 Å². The Hall–Kier alpha value is -2.31. The highest BCUT2D eigenvalue weighted by Crippen LogP contribution is 2.28. The molecule has 142 valence electrons. The fourth-order valence-corrected chi connectivity index (χ4v) is 3.83. The smallest absolute Gasteiger partial charge is 0.222 e.